The van der Waals surface area contributed by atoms with Gasteiger partial charge in [-0.3, -0.25) is 0 Å². The molecule has 0 heterocycles. The molecule has 0 spiro atoms. The summed E-state index contributed by atoms with van der Waals surface area (Å²) in [5, 5.41) is 3.67. The van der Waals surface area contributed by atoms with Crippen molar-refractivity contribution in [1.29, 1.82) is 0 Å². The molecule has 0 saturated heterocycles. The molecule has 2 rings (SSSR count). The summed E-state index contributed by atoms with van der Waals surface area (Å²) in [5.74, 6) is 1.56. The van der Waals surface area contributed by atoms with Gasteiger partial charge in [0.2, 0.25) is 0 Å². The zero-order chi connectivity index (χ0) is 13.1. The summed E-state index contributed by atoms with van der Waals surface area (Å²) in [4.78, 5) is 0. The van der Waals surface area contributed by atoms with Crippen LogP contribution >= 0.6 is 0 Å². The van der Waals surface area contributed by atoms with Gasteiger partial charge in [0.15, 0.2) is 0 Å². The van der Waals surface area contributed by atoms with Crippen molar-refractivity contribution in [2.45, 2.75) is 52.1 Å². The average Bonchev–Trinajstić information content (AvgIpc) is 2.25. The zero-order valence-corrected chi connectivity index (χ0v) is 11.6. The van der Waals surface area contributed by atoms with Crippen LogP contribution in [-0.2, 0) is 6.42 Å². The van der Waals surface area contributed by atoms with E-state index < -0.39 is 0 Å². The van der Waals surface area contributed by atoms with Crippen molar-refractivity contribution in [2.75, 3.05) is 0 Å². The minimum Gasteiger partial charge on any atom is -0.311 e. The fourth-order valence-corrected chi connectivity index (χ4v) is 2.78. The third-order valence-corrected chi connectivity index (χ3v) is 4.09. The van der Waals surface area contributed by atoms with Gasteiger partial charge in [0.25, 0.3) is 0 Å². The molecule has 2 heteroatoms. The van der Waals surface area contributed by atoms with Gasteiger partial charge in [-0.2, -0.15) is 0 Å². The Morgan fingerprint density at radius 1 is 1.17 bits per heavy atom. The summed E-state index contributed by atoms with van der Waals surface area (Å²) in [6.45, 7) is 6.83. The lowest BCUT2D eigenvalue weighted by molar-refractivity contribution is 0.159. The minimum absolute atomic E-state index is 0.155. The van der Waals surface area contributed by atoms with Gasteiger partial charge < -0.3 is 5.32 Å². The second kappa shape index (κ2) is 5.83. The van der Waals surface area contributed by atoms with Crippen molar-refractivity contribution < 1.29 is 4.39 Å². The van der Waals surface area contributed by atoms with Crippen molar-refractivity contribution in [3.63, 3.8) is 0 Å². The lowest BCUT2D eigenvalue weighted by Crippen LogP contribution is -2.47. The highest BCUT2D eigenvalue weighted by molar-refractivity contribution is 5.17. The van der Waals surface area contributed by atoms with Crippen LogP contribution in [0.5, 0.6) is 0 Å². The maximum atomic E-state index is 12.8. The zero-order valence-electron chi connectivity index (χ0n) is 11.6. The Bertz CT molecular complexity index is 365. The molecule has 0 bridgehead atoms. The van der Waals surface area contributed by atoms with E-state index in [1.54, 1.807) is 12.1 Å². The van der Waals surface area contributed by atoms with Gasteiger partial charge in [-0.15, -0.1) is 0 Å². The summed E-state index contributed by atoms with van der Waals surface area (Å²) in [7, 11) is 0. The molecule has 1 aromatic carbocycles. The van der Waals surface area contributed by atoms with Crippen molar-refractivity contribution in [2.24, 2.45) is 11.8 Å². The molecule has 1 aliphatic rings. The van der Waals surface area contributed by atoms with Crippen LogP contribution in [0.4, 0.5) is 4.39 Å². The highest BCUT2D eigenvalue weighted by atomic mass is 19.1. The third kappa shape index (κ3) is 3.55. The van der Waals surface area contributed by atoms with Gasteiger partial charge in [0.05, 0.1) is 0 Å². The monoisotopic (exact) mass is 249 g/mol. The Kier molecular flexibility index (Phi) is 4.39. The van der Waals surface area contributed by atoms with E-state index in [9.17, 15) is 4.39 Å². The van der Waals surface area contributed by atoms with Gasteiger partial charge in [-0.25, -0.2) is 4.39 Å². The molecular weight excluding hydrogens is 225 g/mol. The Morgan fingerprint density at radius 3 is 2.33 bits per heavy atom. The maximum absolute atomic E-state index is 12.8. The van der Waals surface area contributed by atoms with E-state index >= 15 is 0 Å². The highest BCUT2D eigenvalue weighted by Crippen LogP contribution is 2.33. The molecule has 1 aromatic rings. The minimum atomic E-state index is -0.155. The van der Waals surface area contributed by atoms with Crippen LogP contribution in [0, 0.1) is 17.7 Å². The van der Waals surface area contributed by atoms with Gasteiger partial charge in [-0.1, -0.05) is 26.0 Å². The first-order valence-electron chi connectivity index (χ1n) is 7.05. The van der Waals surface area contributed by atoms with E-state index in [4.69, 9.17) is 0 Å². The summed E-state index contributed by atoms with van der Waals surface area (Å²) >= 11 is 0. The van der Waals surface area contributed by atoms with Crippen LogP contribution in [-0.4, -0.2) is 12.1 Å². The van der Waals surface area contributed by atoms with E-state index in [2.05, 4.69) is 26.1 Å². The molecule has 0 aliphatic heterocycles. The summed E-state index contributed by atoms with van der Waals surface area (Å²) in [6.07, 6.45) is 3.60. The SMILES string of the molecule is CC(Cc1ccc(F)cc1)NC1CC(C(C)C)C1. The van der Waals surface area contributed by atoms with Crippen LogP contribution in [0.25, 0.3) is 0 Å². The molecule has 1 aliphatic carbocycles. The molecule has 1 unspecified atom stereocenters. The molecule has 1 N–H and O–H groups in total. The lowest BCUT2D eigenvalue weighted by Gasteiger charge is -2.40. The summed E-state index contributed by atoms with van der Waals surface area (Å²) < 4.78 is 12.8. The van der Waals surface area contributed by atoms with Crippen LogP contribution < -0.4 is 5.32 Å². The van der Waals surface area contributed by atoms with Crippen molar-refractivity contribution >= 4 is 0 Å². The fraction of sp³-hybridized carbons (Fsp3) is 0.625. The standard InChI is InChI=1S/C16H24FN/c1-11(2)14-9-16(10-14)18-12(3)8-13-4-6-15(17)7-5-13/h4-7,11-12,14,16,18H,8-10H2,1-3H3. The largest absolute Gasteiger partial charge is 0.311 e. The molecule has 1 atom stereocenters. The Hall–Kier alpha value is -0.890. The molecule has 18 heavy (non-hydrogen) atoms. The Morgan fingerprint density at radius 2 is 1.78 bits per heavy atom. The van der Waals surface area contributed by atoms with Crippen LogP contribution in [0.15, 0.2) is 24.3 Å². The summed E-state index contributed by atoms with van der Waals surface area (Å²) in [5.41, 5.74) is 1.20. The Labute approximate surface area is 110 Å². The van der Waals surface area contributed by atoms with Crippen LogP contribution in [0.1, 0.15) is 39.2 Å². The molecule has 0 radical (unpaired) electrons. The predicted molar refractivity (Wildman–Crippen MR) is 74.1 cm³/mol. The second-order valence-electron chi connectivity index (χ2n) is 6.07. The fourth-order valence-electron chi connectivity index (χ4n) is 2.78. The normalized spacial score (nSPS) is 24.9. The number of halogens is 1. The smallest absolute Gasteiger partial charge is 0.123 e. The van der Waals surface area contributed by atoms with E-state index in [0.29, 0.717) is 12.1 Å². The van der Waals surface area contributed by atoms with Gasteiger partial charge in [0, 0.05) is 12.1 Å². The van der Waals surface area contributed by atoms with Gasteiger partial charge in [-0.05, 0) is 55.7 Å². The number of nitrogens with one attached hydrogen (secondary N) is 1. The molecular formula is C16H24FN. The van der Waals surface area contributed by atoms with E-state index in [1.807, 2.05) is 12.1 Å². The van der Waals surface area contributed by atoms with Crippen LogP contribution in [0.2, 0.25) is 0 Å². The van der Waals surface area contributed by atoms with Gasteiger partial charge in [0.1, 0.15) is 5.82 Å². The van der Waals surface area contributed by atoms with Gasteiger partial charge >= 0.3 is 0 Å². The van der Waals surface area contributed by atoms with Crippen LogP contribution in [0.3, 0.4) is 0 Å². The number of rotatable bonds is 5. The first kappa shape index (κ1) is 13.5. The molecule has 1 saturated carbocycles. The number of benzene rings is 1. The quantitative estimate of drug-likeness (QED) is 0.837. The molecule has 1 fully saturated rings. The number of hydrogen-bond donors (Lipinski definition) is 1. The topological polar surface area (TPSA) is 12.0 Å². The van der Waals surface area contributed by atoms with E-state index in [-0.39, 0.29) is 5.82 Å². The van der Waals surface area contributed by atoms with E-state index in [1.165, 1.54) is 18.4 Å². The van der Waals surface area contributed by atoms with Crippen molar-refractivity contribution in [3.05, 3.63) is 35.6 Å². The first-order valence-corrected chi connectivity index (χ1v) is 7.05. The lowest BCUT2D eigenvalue weighted by atomic mass is 9.73. The van der Waals surface area contributed by atoms with Crippen molar-refractivity contribution in [3.8, 4) is 0 Å². The second-order valence-corrected chi connectivity index (χ2v) is 6.07. The van der Waals surface area contributed by atoms with Crippen molar-refractivity contribution in [1.82, 2.24) is 5.32 Å². The maximum Gasteiger partial charge on any atom is 0.123 e. The number of hydrogen-bond acceptors (Lipinski definition) is 1. The molecule has 100 valence electrons. The molecule has 0 aromatic heterocycles. The van der Waals surface area contributed by atoms with E-state index in [0.717, 1.165) is 18.3 Å². The Balaban J connectivity index is 1.73. The average molecular weight is 249 g/mol. The highest BCUT2D eigenvalue weighted by Gasteiger charge is 2.31. The predicted octanol–water partition coefficient (Wildman–Crippen LogP) is 3.78. The summed E-state index contributed by atoms with van der Waals surface area (Å²) in [6, 6.07) is 8.00. The first-order chi connectivity index (χ1) is 8.54. The third-order valence-electron chi connectivity index (χ3n) is 4.09. The molecule has 0 amide bonds. The molecule has 1 nitrogen and oxygen atoms in total.